The standard InChI is InChI=1S/C12H13N5O2S/c1-20-10-4-2-3-8(5-10)14-11-6-9(17(18)19)7-12(15-11)16-13/h2-7H,13H2,1H3,(H2,14,15,16). The van der Waals surface area contributed by atoms with Crippen molar-refractivity contribution in [3.63, 3.8) is 0 Å². The van der Waals surface area contributed by atoms with E-state index in [2.05, 4.69) is 15.7 Å². The van der Waals surface area contributed by atoms with Crippen LogP contribution in [0.5, 0.6) is 0 Å². The molecule has 1 heterocycles. The number of nitrogens with two attached hydrogens (primary N) is 1. The summed E-state index contributed by atoms with van der Waals surface area (Å²) in [5.41, 5.74) is 3.02. The average Bonchev–Trinajstić information content (AvgIpc) is 2.47. The first-order valence-electron chi connectivity index (χ1n) is 5.66. The predicted octanol–water partition coefficient (Wildman–Crippen LogP) is 2.74. The first-order chi connectivity index (χ1) is 9.62. The molecule has 4 N–H and O–H groups in total. The van der Waals surface area contributed by atoms with Crippen LogP contribution in [0, 0.1) is 10.1 Å². The Hall–Kier alpha value is -2.32. The van der Waals surface area contributed by atoms with Crippen molar-refractivity contribution in [3.05, 3.63) is 46.5 Å². The maximum absolute atomic E-state index is 10.9. The highest BCUT2D eigenvalue weighted by Gasteiger charge is 2.11. The Morgan fingerprint density at radius 2 is 2.05 bits per heavy atom. The molecule has 7 nitrogen and oxygen atoms in total. The molecule has 20 heavy (non-hydrogen) atoms. The predicted molar refractivity (Wildman–Crippen MR) is 80.2 cm³/mol. The van der Waals surface area contributed by atoms with Crippen molar-refractivity contribution < 1.29 is 4.92 Å². The number of anilines is 3. The van der Waals surface area contributed by atoms with Gasteiger partial charge in [-0.3, -0.25) is 10.1 Å². The van der Waals surface area contributed by atoms with Crippen molar-refractivity contribution >= 4 is 34.8 Å². The second-order valence-electron chi connectivity index (χ2n) is 3.85. The number of nitrogens with one attached hydrogen (secondary N) is 2. The summed E-state index contributed by atoms with van der Waals surface area (Å²) in [5.74, 6) is 5.84. The number of hydrogen-bond donors (Lipinski definition) is 3. The first kappa shape index (κ1) is 14.1. The van der Waals surface area contributed by atoms with E-state index < -0.39 is 4.92 Å². The van der Waals surface area contributed by atoms with Gasteiger partial charge in [0.2, 0.25) is 0 Å². The van der Waals surface area contributed by atoms with Gasteiger partial charge in [-0.15, -0.1) is 11.8 Å². The molecule has 104 valence electrons. The second-order valence-corrected chi connectivity index (χ2v) is 4.73. The van der Waals surface area contributed by atoms with Crippen molar-refractivity contribution in [2.45, 2.75) is 4.90 Å². The first-order valence-corrected chi connectivity index (χ1v) is 6.89. The SMILES string of the molecule is CSc1cccc(Nc2cc([N+](=O)[O-])cc(NN)n2)c1. The van der Waals surface area contributed by atoms with E-state index in [4.69, 9.17) is 5.84 Å². The fourth-order valence-corrected chi connectivity index (χ4v) is 2.07. The minimum absolute atomic E-state index is 0.0866. The maximum atomic E-state index is 10.9. The molecule has 1 aromatic carbocycles. The Labute approximate surface area is 119 Å². The lowest BCUT2D eigenvalue weighted by molar-refractivity contribution is -0.384. The molecule has 0 amide bonds. The Morgan fingerprint density at radius 3 is 2.70 bits per heavy atom. The third-order valence-electron chi connectivity index (χ3n) is 2.51. The molecule has 0 aliphatic carbocycles. The van der Waals surface area contributed by atoms with Gasteiger partial charge in [0.25, 0.3) is 5.69 Å². The highest BCUT2D eigenvalue weighted by molar-refractivity contribution is 7.98. The molecule has 0 saturated carbocycles. The molecule has 0 spiro atoms. The molecule has 0 saturated heterocycles. The number of rotatable bonds is 5. The van der Waals surface area contributed by atoms with E-state index in [1.807, 2.05) is 30.5 Å². The molecule has 1 aromatic heterocycles. The lowest BCUT2D eigenvalue weighted by Gasteiger charge is -2.08. The number of thioether (sulfide) groups is 1. The van der Waals surface area contributed by atoms with Gasteiger partial charge in [-0.25, -0.2) is 10.8 Å². The van der Waals surface area contributed by atoms with E-state index in [1.54, 1.807) is 11.8 Å². The van der Waals surface area contributed by atoms with Gasteiger partial charge >= 0.3 is 0 Å². The third kappa shape index (κ3) is 3.37. The Balaban J connectivity index is 2.32. The Bertz CT molecular complexity index is 635. The number of pyridine rings is 1. The van der Waals surface area contributed by atoms with Gasteiger partial charge in [-0.05, 0) is 24.5 Å². The monoisotopic (exact) mass is 291 g/mol. The van der Waals surface area contributed by atoms with E-state index in [0.717, 1.165) is 10.6 Å². The van der Waals surface area contributed by atoms with Gasteiger partial charge in [0.1, 0.15) is 11.6 Å². The molecule has 2 rings (SSSR count). The number of aromatic nitrogens is 1. The van der Waals surface area contributed by atoms with Crippen LogP contribution in [0.1, 0.15) is 0 Å². The minimum atomic E-state index is -0.494. The number of nitro groups is 1. The summed E-state index contributed by atoms with van der Waals surface area (Å²) >= 11 is 1.61. The molecule has 0 radical (unpaired) electrons. The Morgan fingerprint density at radius 1 is 1.30 bits per heavy atom. The fourth-order valence-electron chi connectivity index (χ4n) is 1.61. The van der Waals surface area contributed by atoms with Crippen molar-refractivity contribution in [1.82, 2.24) is 4.98 Å². The van der Waals surface area contributed by atoms with Crippen molar-refractivity contribution in [2.24, 2.45) is 5.84 Å². The van der Waals surface area contributed by atoms with Gasteiger partial charge in [0.05, 0.1) is 17.1 Å². The van der Waals surface area contributed by atoms with Crippen LogP contribution in [0.15, 0.2) is 41.3 Å². The van der Waals surface area contributed by atoms with Crippen molar-refractivity contribution in [1.29, 1.82) is 0 Å². The van der Waals surface area contributed by atoms with Gasteiger partial charge in [-0.1, -0.05) is 6.07 Å². The summed E-state index contributed by atoms with van der Waals surface area (Å²) in [6.45, 7) is 0. The number of benzene rings is 1. The van der Waals surface area contributed by atoms with Crippen LogP contribution < -0.4 is 16.6 Å². The summed E-state index contributed by atoms with van der Waals surface area (Å²) < 4.78 is 0. The number of nitrogens with zero attached hydrogens (tertiary/aromatic N) is 2. The third-order valence-corrected chi connectivity index (χ3v) is 3.24. The highest BCUT2D eigenvalue weighted by atomic mass is 32.2. The second kappa shape index (κ2) is 6.22. The zero-order chi connectivity index (χ0) is 14.5. The van der Waals surface area contributed by atoms with Crippen LogP contribution in [0.25, 0.3) is 0 Å². The molecule has 0 unspecified atom stereocenters. The van der Waals surface area contributed by atoms with Gasteiger partial charge in [-0.2, -0.15) is 0 Å². The van der Waals surface area contributed by atoms with Crippen molar-refractivity contribution in [3.8, 4) is 0 Å². The summed E-state index contributed by atoms with van der Waals surface area (Å²) in [4.78, 5) is 15.6. The maximum Gasteiger partial charge on any atom is 0.276 e. The van der Waals surface area contributed by atoms with Crippen LogP contribution in [0.3, 0.4) is 0 Å². The average molecular weight is 291 g/mol. The zero-order valence-electron chi connectivity index (χ0n) is 10.7. The lowest BCUT2D eigenvalue weighted by atomic mass is 10.3. The molecule has 0 bridgehead atoms. The number of hydrogen-bond acceptors (Lipinski definition) is 7. The van der Waals surface area contributed by atoms with Gasteiger partial charge in [0.15, 0.2) is 0 Å². The summed E-state index contributed by atoms with van der Waals surface area (Å²) in [6, 6.07) is 10.3. The van der Waals surface area contributed by atoms with Crippen LogP contribution >= 0.6 is 11.8 Å². The quantitative estimate of drug-likeness (QED) is 0.336. The van der Waals surface area contributed by atoms with Crippen molar-refractivity contribution in [2.75, 3.05) is 17.0 Å². The van der Waals surface area contributed by atoms with Crippen LogP contribution in [-0.2, 0) is 0 Å². The fraction of sp³-hybridized carbons (Fsp3) is 0.0833. The van der Waals surface area contributed by atoms with Crippen LogP contribution in [-0.4, -0.2) is 16.2 Å². The van der Waals surface area contributed by atoms with Gasteiger partial charge in [0, 0.05) is 10.6 Å². The normalized spacial score (nSPS) is 10.1. The molecular formula is C12H13N5O2S. The molecule has 0 aliphatic rings. The summed E-state index contributed by atoms with van der Waals surface area (Å²) in [5, 5.41) is 13.9. The lowest BCUT2D eigenvalue weighted by Crippen LogP contribution is -2.10. The van der Waals surface area contributed by atoms with Crippen LogP contribution in [0.2, 0.25) is 0 Å². The van der Waals surface area contributed by atoms with E-state index >= 15 is 0 Å². The molecule has 0 fully saturated rings. The van der Waals surface area contributed by atoms with E-state index in [0.29, 0.717) is 5.82 Å². The van der Waals surface area contributed by atoms with E-state index in [1.165, 1.54) is 12.1 Å². The molecule has 0 aliphatic heterocycles. The minimum Gasteiger partial charge on any atom is -0.340 e. The smallest absolute Gasteiger partial charge is 0.276 e. The number of nitrogen functional groups attached to an aromatic ring is 1. The molecule has 0 atom stereocenters. The topological polar surface area (TPSA) is 106 Å². The Kier molecular flexibility index (Phi) is 4.38. The van der Waals surface area contributed by atoms with E-state index in [-0.39, 0.29) is 11.5 Å². The molecule has 8 heteroatoms. The summed E-state index contributed by atoms with van der Waals surface area (Å²) in [7, 11) is 0. The van der Waals surface area contributed by atoms with Gasteiger partial charge < -0.3 is 10.7 Å². The van der Waals surface area contributed by atoms with E-state index in [9.17, 15) is 10.1 Å². The highest BCUT2D eigenvalue weighted by Crippen LogP contribution is 2.25. The zero-order valence-corrected chi connectivity index (χ0v) is 11.5. The van der Waals surface area contributed by atoms with Crippen LogP contribution in [0.4, 0.5) is 23.0 Å². The molecule has 2 aromatic rings. The largest absolute Gasteiger partial charge is 0.340 e. The number of hydrazine groups is 1. The molecular weight excluding hydrogens is 278 g/mol. The summed E-state index contributed by atoms with van der Waals surface area (Å²) in [6.07, 6.45) is 1.97.